The molecular weight excluding hydrogens is 232 g/mol. The molecule has 2 rings (SSSR count). The SMILES string of the molecule is CCC(=O)NC1CCCN(CC2(CO)COC2)C1. The van der Waals surface area contributed by atoms with Crippen LogP contribution in [0.4, 0.5) is 0 Å². The van der Waals surface area contributed by atoms with E-state index in [0.29, 0.717) is 19.6 Å². The molecule has 0 aromatic heterocycles. The first kappa shape index (κ1) is 13.8. The first-order valence-electron chi connectivity index (χ1n) is 6.88. The second-order valence-corrected chi connectivity index (χ2v) is 5.65. The lowest BCUT2D eigenvalue weighted by Gasteiger charge is -2.45. The fraction of sp³-hybridized carbons (Fsp3) is 0.923. The summed E-state index contributed by atoms with van der Waals surface area (Å²) in [7, 11) is 0. The van der Waals surface area contributed by atoms with E-state index in [0.717, 1.165) is 32.5 Å². The largest absolute Gasteiger partial charge is 0.396 e. The van der Waals surface area contributed by atoms with Crippen LogP contribution in [0.5, 0.6) is 0 Å². The van der Waals surface area contributed by atoms with Gasteiger partial charge in [0.15, 0.2) is 0 Å². The lowest BCUT2D eigenvalue weighted by Crippen LogP contribution is -2.57. The van der Waals surface area contributed by atoms with Crippen LogP contribution in [0.15, 0.2) is 0 Å². The minimum atomic E-state index is -0.0589. The van der Waals surface area contributed by atoms with Crippen molar-refractivity contribution < 1.29 is 14.6 Å². The number of piperidine rings is 1. The van der Waals surface area contributed by atoms with Crippen molar-refractivity contribution in [2.45, 2.75) is 32.2 Å². The zero-order valence-corrected chi connectivity index (χ0v) is 11.2. The molecule has 0 saturated carbocycles. The van der Waals surface area contributed by atoms with Crippen LogP contribution in [0.3, 0.4) is 0 Å². The average molecular weight is 256 g/mol. The Bertz CT molecular complexity index is 286. The maximum atomic E-state index is 11.4. The molecule has 2 fully saturated rings. The van der Waals surface area contributed by atoms with Gasteiger partial charge in [0, 0.05) is 25.6 Å². The average Bonchev–Trinajstić information content (AvgIpc) is 2.34. The van der Waals surface area contributed by atoms with Gasteiger partial charge in [-0.25, -0.2) is 0 Å². The smallest absolute Gasteiger partial charge is 0.219 e. The second kappa shape index (κ2) is 5.99. The molecule has 2 N–H and O–H groups in total. The van der Waals surface area contributed by atoms with E-state index in [1.165, 1.54) is 0 Å². The molecule has 0 aliphatic carbocycles. The lowest BCUT2D eigenvalue weighted by atomic mass is 9.85. The number of nitrogens with one attached hydrogen (secondary N) is 1. The van der Waals surface area contributed by atoms with Crippen molar-refractivity contribution in [3.05, 3.63) is 0 Å². The monoisotopic (exact) mass is 256 g/mol. The van der Waals surface area contributed by atoms with Gasteiger partial charge in [-0.1, -0.05) is 6.92 Å². The molecule has 0 radical (unpaired) electrons. The van der Waals surface area contributed by atoms with Gasteiger partial charge in [0.2, 0.25) is 5.91 Å². The van der Waals surface area contributed by atoms with Crippen LogP contribution in [0.2, 0.25) is 0 Å². The van der Waals surface area contributed by atoms with E-state index < -0.39 is 0 Å². The number of hydrogen-bond acceptors (Lipinski definition) is 4. The second-order valence-electron chi connectivity index (χ2n) is 5.65. The Morgan fingerprint density at radius 2 is 2.33 bits per heavy atom. The first-order valence-corrected chi connectivity index (χ1v) is 6.88. The van der Waals surface area contributed by atoms with Gasteiger partial charge in [-0.3, -0.25) is 4.79 Å². The molecule has 2 aliphatic rings. The van der Waals surface area contributed by atoms with Crippen molar-refractivity contribution in [3.8, 4) is 0 Å². The molecule has 0 spiro atoms. The van der Waals surface area contributed by atoms with Gasteiger partial charge in [0.05, 0.1) is 25.2 Å². The topological polar surface area (TPSA) is 61.8 Å². The molecule has 1 atom stereocenters. The molecule has 5 heteroatoms. The van der Waals surface area contributed by atoms with Crippen molar-refractivity contribution in [2.75, 3.05) is 39.5 Å². The van der Waals surface area contributed by atoms with Gasteiger partial charge >= 0.3 is 0 Å². The van der Waals surface area contributed by atoms with Crippen molar-refractivity contribution in [1.82, 2.24) is 10.2 Å². The lowest BCUT2D eigenvalue weighted by molar-refractivity contribution is -0.150. The highest BCUT2D eigenvalue weighted by Gasteiger charge is 2.40. The zero-order chi connectivity index (χ0) is 13.0. The highest BCUT2D eigenvalue weighted by atomic mass is 16.5. The van der Waals surface area contributed by atoms with Crippen LogP contribution in [0, 0.1) is 5.41 Å². The molecule has 5 nitrogen and oxygen atoms in total. The third kappa shape index (κ3) is 3.22. The van der Waals surface area contributed by atoms with Crippen LogP contribution in [0.25, 0.3) is 0 Å². The number of amides is 1. The standard InChI is InChI=1S/C13H24N2O3/c1-2-12(17)14-11-4-3-5-15(6-11)7-13(8-16)9-18-10-13/h11,16H,2-10H2,1H3,(H,14,17). The molecule has 1 amide bonds. The third-order valence-corrected chi connectivity index (χ3v) is 3.90. The van der Waals surface area contributed by atoms with E-state index in [1.807, 2.05) is 6.92 Å². The van der Waals surface area contributed by atoms with E-state index in [2.05, 4.69) is 10.2 Å². The number of likely N-dealkylation sites (tertiary alicyclic amines) is 1. The number of carbonyl (C=O) groups excluding carboxylic acids is 1. The van der Waals surface area contributed by atoms with Crippen LogP contribution in [0.1, 0.15) is 26.2 Å². The minimum Gasteiger partial charge on any atom is -0.396 e. The number of nitrogens with zero attached hydrogens (tertiary/aromatic N) is 1. The quantitative estimate of drug-likeness (QED) is 0.726. The maximum Gasteiger partial charge on any atom is 0.219 e. The fourth-order valence-corrected chi connectivity index (χ4v) is 2.74. The number of carbonyl (C=O) groups is 1. The van der Waals surface area contributed by atoms with E-state index >= 15 is 0 Å². The molecule has 2 saturated heterocycles. The van der Waals surface area contributed by atoms with Crippen molar-refractivity contribution >= 4 is 5.91 Å². The van der Waals surface area contributed by atoms with Gasteiger partial charge in [-0.15, -0.1) is 0 Å². The summed E-state index contributed by atoms with van der Waals surface area (Å²) in [6.07, 6.45) is 2.72. The zero-order valence-electron chi connectivity index (χ0n) is 11.2. The Morgan fingerprint density at radius 1 is 1.56 bits per heavy atom. The molecule has 0 aromatic rings. The minimum absolute atomic E-state index is 0.0589. The van der Waals surface area contributed by atoms with Crippen molar-refractivity contribution in [2.24, 2.45) is 5.41 Å². The van der Waals surface area contributed by atoms with E-state index in [-0.39, 0.29) is 24.0 Å². The molecule has 2 aliphatic heterocycles. The van der Waals surface area contributed by atoms with Gasteiger partial charge < -0.3 is 20.1 Å². The molecule has 0 bridgehead atoms. The van der Waals surface area contributed by atoms with Gasteiger partial charge in [-0.05, 0) is 19.4 Å². The fourth-order valence-electron chi connectivity index (χ4n) is 2.74. The molecule has 1 unspecified atom stereocenters. The van der Waals surface area contributed by atoms with Gasteiger partial charge in [0.1, 0.15) is 0 Å². The highest BCUT2D eigenvalue weighted by Crippen LogP contribution is 2.29. The van der Waals surface area contributed by atoms with Crippen molar-refractivity contribution in [3.63, 3.8) is 0 Å². The maximum absolute atomic E-state index is 11.4. The number of rotatable bonds is 5. The van der Waals surface area contributed by atoms with E-state index in [4.69, 9.17) is 4.74 Å². The normalized spacial score (nSPS) is 27.6. The van der Waals surface area contributed by atoms with Gasteiger partial charge in [0.25, 0.3) is 0 Å². The van der Waals surface area contributed by atoms with Crippen molar-refractivity contribution in [1.29, 1.82) is 0 Å². The Labute approximate surface area is 108 Å². The predicted octanol–water partition coefficient (Wildman–Crippen LogP) is -0.0141. The molecule has 2 heterocycles. The van der Waals surface area contributed by atoms with Gasteiger partial charge in [-0.2, -0.15) is 0 Å². The summed E-state index contributed by atoms with van der Waals surface area (Å²) in [6.45, 7) is 6.21. The Hall–Kier alpha value is -0.650. The van der Waals surface area contributed by atoms with Crippen LogP contribution >= 0.6 is 0 Å². The Balaban J connectivity index is 1.81. The van der Waals surface area contributed by atoms with E-state index in [1.54, 1.807) is 0 Å². The molecule has 0 aromatic carbocycles. The Morgan fingerprint density at radius 3 is 2.89 bits per heavy atom. The Kier molecular flexibility index (Phi) is 4.59. The number of hydrogen-bond donors (Lipinski definition) is 2. The summed E-state index contributed by atoms with van der Waals surface area (Å²) < 4.78 is 5.22. The summed E-state index contributed by atoms with van der Waals surface area (Å²) in [6, 6.07) is 0.267. The molecular formula is C13H24N2O3. The first-order chi connectivity index (χ1) is 8.67. The van der Waals surface area contributed by atoms with Crippen LogP contribution < -0.4 is 5.32 Å². The third-order valence-electron chi connectivity index (χ3n) is 3.90. The summed E-state index contributed by atoms with van der Waals surface area (Å²) >= 11 is 0. The summed E-state index contributed by atoms with van der Waals surface area (Å²) in [4.78, 5) is 13.8. The summed E-state index contributed by atoms with van der Waals surface area (Å²) in [5.41, 5.74) is -0.0589. The highest BCUT2D eigenvalue weighted by molar-refractivity contribution is 5.75. The number of ether oxygens (including phenoxy) is 1. The summed E-state index contributed by atoms with van der Waals surface area (Å²) in [5.74, 6) is 0.130. The number of aliphatic hydroxyl groups is 1. The molecule has 18 heavy (non-hydrogen) atoms. The summed E-state index contributed by atoms with van der Waals surface area (Å²) in [5, 5.41) is 12.5. The van der Waals surface area contributed by atoms with E-state index in [9.17, 15) is 9.90 Å². The molecule has 104 valence electrons. The predicted molar refractivity (Wildman–Crippen MR) is 68.2 cm³/mol. The van der Waals surface area contributed by atoms with Crippen LogP contribution in [-0.4, -0.2) is 61.4 Å². The van der Waals surface area contributed by atoms with Crippen LogP contribution in [-0.2, 0) is 9.53 Å². The number of aliphatic hydroxyl groups excluding tert-OH is 1.